The van der Waals surface area contributed by atoms with Crippen molar-refractivity contribution in [2.75, 3.05) is 40.9 Å². The van der Waals surface area contributed by atoms with E-state index in [1.54, 1.807) is 0 Å². The standard InChI is InChI=1S/C67H127N2O7P/c1-7-10-13-16-19-22-25-28-30-31-32-33-34-35-36-37-38-39-40-41-44-47-50-53-56-59-66(70)68-64(63-75-77(72,73)74-62-61-69(4,5)6)65(58-55-52-49-46-43-27-24-21-18-15-12-9-3)76-67(71)60-57-54-51-48-45-42-29-26-23-20-17-14-11-8-2/h11,14,20,23,29,42,55,58,64-65H,7-10,12-13,15-19,21-22,24-28,30-41,43-54,56-57,59-63H2,1-6H3,(H-,68,70,72,73)/p+1/b14-11+,23-20+,42-29+,58-55-. The highest BCUT2D eigenvalue weighted by atomic mass is 31.2. The lowest BCUT2D eigenvalue weighted by Crippen LogP contribution is -2.47. The summed E-state index contributed by atoms with van der Waals surface area (Å²) in [7, 11) is 1.49. The summed E-state index contributed by atoms with van der Waals surface area (Å²) in [6.45, 7) is 6.92. The second-order valence-electron chi connectivity index (χ2n) is 23.6. The molecule has 0 spiro atoms. The molecule has 0 saturated carbocycles. The minimum absolute atomic E-state index is 0.0376. The number of hydrogen-bond acceptors (Lipinski definition) is 6. The Labute approximate surface area is 478 Å². The molecule has 0 aliphatic heterocycles. The summed E-state index contributed by atoms with van der Waals surface area (Å²) in [6.07, 6.45) is 71.3. The molecule has 10 heteroatoms. The van der Waals surface area contributed by atoms with Crippen molar-refractivity contribution in [1.82, 2.24) is 5.32 Å². The van der Waals surface area contributed by atoms with Crippen molar-refractivity contribution in [1.29, 1.82) is 0 Å². The molecule has 3 atom stereocenters. The first-order chi connectivity index (χ1) is 37.4. The molecule has 0 fully saturated rings. The van der Waals surface area contributed by atoms with E-state index in [4.69, 9.17) is 13.8 Å². The van der Waals surface area contributed by atoms with Gasteiger partial charge >= 0.3 is 13.8 Å². The van der Waals surface area contributed by atoms with Crippen LogP contribution in [0.4, 0.5) is 0 Å². The predicted octanol–water partition coefficient (Wildman–Crippen LogP) is 20.5. The summed E-state index contributed by atoms with van der Waals surface area (Å²) in [5.74, 6) is -0.519. The maximum absolute atomic E-state index is 13.6. The summed E-state index contributed by atoms with van der Waals surface area (Å²) in [5, 5.41) is 3.06. The number of ether oxygens (including phenoxy) is 1. The quantitative estimate of drug-likeness (QED) is 0.0205. The van der Waals surface area contributed by atoms with E-state index in [1.165, 1.54) is 193 Å². The van der Waals surface area contributed by atoms with Gasteiger partial charge in [-0.3, -0.25) is 18.6 Å². The van der Waals surface area contributed by atoms with Crippen molar-refractivity contribution < 1.29 is 37.3 Å². The molecule has 77 heavy (non-hydrogen) atoms. The van der Waals surface area contributed by atoms with Gasteiger partial charge in [0.15, 0.2) is 0 Å². The van der Waals surface area contributed by atoms with Gasteiger partial charge in [0.1, 0.15) is 19.3 Å². The number of allylic oxidation sites excluding steroid dienone is 7. The van der Waals surface area contributed by atoms with Crippen molar-refractivity contribution in [2.24, 2.45) is 0 Å². The Bertz CT molecular complexity index is 1460. The van der Waals surface area contributed by atoms with Crippen molar-refractivity contribution in [3.8, 4) is 0 Å². The number of hydrogen-bond donors (Lipinski definition) is 2. The Kier molecular flexibility index (Phi) is 55.7. The van der Waals surface area contributed by atoms with E-state index in [0.29, 0.717) is 23.9 Å². The Balaban J connectivity index is 5.06. The molecule has 3 unspecified atom stereocenters. The third kappa shape index (κ3) is 58.4. The largest absolute Gasteiger partial charge is 0.472 e. The SMILES string of the molecule is CC/C=C/C/C=C/C/C=C/CCCCCCC(=O)OC(/C=C\CCCCCCCCCCCC)C(COP(=O)(O)OCC[N+](C)(C)C)NC(=O)CCCCCCCCCCCCCCCCCCCCCCCCCCC. The smallest absolute Gasteiger partial charge is 0.456 e. The average molecular weight is 1100 g/mol. The molecular formula is C67H128N2O7P+. The van der Waals surface area contributed by atoms with Crippen LogP contribution in [-0.4, -0.2) is 74.3 Å². The number of amides is 1. The highest BCUT2D eigenvalue weighted by Gasteiger charge is 2.30. The first kappa shape index (κ1) is 75.0. The highest BCUT2D eigenvalue weighted by molar-refractivity contribution is 7.47. The fourth-order valence-corrected chi connectivity index (χ4v) is 10.5. The van der Waals surface area contributed by atoms with Gasteiger partial charge in [-0.05, 0) is 63.9 Å². The van der Waals surface area contributed by atoms with Gasteiger partial charge in [-0.1, -0.05) is 288 Å². The average Bonchev–Trinajstić information content (AvgIpc) is 3.39. The summed E-state index contributed by atoms with van der Waals surface area (Å²) in [4.78, 5) is 37.7. The lowest BCUT2D eigenvalue weighted by atomic mass is 10.0. The minimum Gasteiger partial charge on any atom is -0.456 e. The molecule has 0 aromatic carbocycles. The number of rotatable bonds is 60. The van der Waals surface area contributed by atoms with Gasteiger partial charge in [0.2, 0.25) is 5.91 Å². The van der Waals surface area contributed by atoms with Crippen LogP contribution in [0.25, 0.3) is 0 Å². The third-order valence-corrected chi connectivity index (χ3v) is 15.8. The normalized spacial score (nSPS) is 13.9. The van der Waals surface area contributed by atoms with Gasteiger partial charge < -0.3 is 19.4 Å². The predicted molar refractivity (Wildman–Crippen MR) is 332 cm³/mol. The van der Waals surface area contributed by atoms with Gasteiger partial charge in [0, 0.05) is 12.8 Å². The van der Waals surface area contributed by atoms with Crippen LogP contribution in [0.1, 0.15) is 316 Å². The van der Waals surface area contributed by atoms with E-state index in [-0.39, 0.29) is 31.5 Å². The Morgan fingerprint density at radius 1 is 0.468 bits per heavy atom. The lowest BCUT2D eigenvalue weighted by Gasteiger charge is -2.27. The second kappa shape index (κ2) is 57.2. The van der Waals surface area contributed by atoms with E-state index < -0.39 is 20.0 Å². The fraction of sp³-hybridized carbons (Fsp3) is 0.851. The zero-order valence-corrected chi connectivity index (χ0v) is 52.6. The molecule has 0 aromatic rings. The van der Waals surface area contributed by atoms with E-state index in [2.05, 4.69) is 62.5 Å². The summed E-state index contributed by atoms with van der Waals surface area (Å²) >= 11 is 0. The zero-order valence-electron chi connectivity index (χ0n) is 51.7. The molecule has 0 bridgehead atoms. The number of carbonyl (C=O) groups excluding carboxylic acids is 2. The van der Waals surface area contributed by atoms with Gasteiger partial charge in [0.25, 0.3) is 0 Å². The summed E-state index contributed by atoms with van der Waals surface area (Å²) < 4.78 is 30.7. The Morgan fingerprint density at radius 3 is 1.25 bits per heavy atom. The molecule has 0 aliphatic rings. The zero-order chi connectivity index (χ0) is 56.4. The molecule has 0 aliphatic carbocycles. The van der Waals surface area contributed by atoms with Crippen molar-refractivity contribution in [3.63, 3.8) is 0 Å². The molecule has 2 N–H and O–H groups in total. The first-order valence-electron chi connectivity index (χ1n) is 33.0. The Morgan fingerprint density at radius 2 is 0.831 bits per heavy atom. The summed E-state index contributed by atoms with van der Waals surface area (Å²) in [6, 6.07) is -0.855. The maximum atomic E-state index is 13.6. The van der Waals surface area contributed by atoms with E-state index in [1.807, 2.05) is 33.3 Å². The number of likely N-dealkylation sites (N-methyl/N-ethyl adjacent to an activating group) is 1. The Hall–Kier alpha value is -2.03. The number of quaternary nitrogens is 1. The van der Waals surface area contributed by atoms with Crippen LogP contribution in [0.3, 0.4) is 0 Å². The number of nitrogens with one attached hydrogen (secondary N) is 1. The third-order valence-electron chi connectivity index (χ3n) is 14.8. The van der Waals surface area contributed by atoms with Crippen LogP contribution in [0.5, 0.6) is 0 Å². The molecule has 9 nitrogen and oxygen atoms in total. The molecule has 0 rings (SSSR count). The topological polar surface area (TPSA) is 111 Å². The lowest BCUT2D eigenvalue weighted by molar-refractivity contribution is -0.870. The maximum Gasteiger partial charge on any atom is 0.472 e. The van der Waals surface area contributed by atoms with Crippen molar-refractivity contribution in [3.05, 3.63) is 48.6 Å². The molecule has 0 saturated heterocycles. The van der Waals surface area contributed by atoms with Crippen LogP contribution < -0.4 is 5.32 Å². The molecule has 1 amide bonds. The van der Waals surface area contributed by atoms with Gasteiger partial charge in [0.05, 0.1) is 33.8 Å². The molecule has 0 radical (unpaired) electrons. The number of phosphoric acid groups is 1. The van der Waals surface area contributed by atoms with Crippen molar-refractivity contribution >= 4 is 19.7 Å². The van der Waals surface area contributed by atoms with Gasteiger partial charge in [-0.2, -0.15) is 0 Å². The van der Waals surface area contributed by atoms with Crippen molar-refractivity contribution in [2.45, 2.75) is 328 Å². The van der Waals surface area contributed by atoms with E-state index in [9.17, 15) is 19.0 Å². The number of esters is 1. The second-order valence-corrected chi connectivity index (χ2v) is 25.1. The number of unbranched alkanes of at least 4 members (excludes halogenated alkanes) is 38. The monoisotopic (exact) mass is 1100 g/mol. The fourth-order valence-electron chi connectivity index (χ4n) is 9.72. The molecule has 0 heterocycles. The van der Waals surface area contributed by atoms with Crippen LogP contribution in [0.2, 0.25) is 0 Å². The van der Waals surface area contributed by atoms with Crippen LogP contribution in [0, 0.1) is 0 Å². The first-order valence-corrected chi connectivity index (χ1v) is 34.5. The minimum atomic E-state index is -4.45. The molecule has 452 valence electrons. The van der Waals surface area contributed by atoms with Crippen LogP contribution in [-0.2, 0) is 27.9 Å². The molecular weight excluding hydrogens is 976 g/mol. The van der Waals surface area contributed by atoms with Gasteiger partial charge in [-0.25, -0.2) is 4.57 Å². The number of nitrogens with zero attached hydrogens (tertiary/aromatic N) is 1. The summed E-state index contributed by atoms with van der Waals surface area (Å²) in [5.41, 5.74) is 0. The number of carbonyl (C=O) groups is 2. The van der Waals surface area contributed by atoms with Crippen LogP contribution in [0.15, 0.2) is 48.6 Å². The van der Waals surface area contributed by atoms with E-state index >= 15 is 0 Å². The molecule has 0 aromatic heterocycles. The van der Waals surface area contributed by atoms with Crippen LogP contribution >= 0.6 is 7.82 Å². The van der Waals surface area contributed by atoms with E-state index in [0.717, 1.165) is 83.5 Å². The highest BCUT2D eigenvalue weighted by Crippen LogP contribution is 2.43. The number of phosphoric ester groups is 1. The van der Waals surface area contributed by atoms with Gasteiger partial charge in [-0.15, -0.1) is 0 Å².